The van der Waals surface area contributed by atoms with Gasteiger partial charge in [-0.25, -0.2) is 0 Å². The normalized spacial score (nSPS) is 11.8. The van der Waals surface area contributed by atoms with Crippen molar-refractivity contribution in [3.63, 3.8) is 0 Å². The van der Waals surface area contributed by atoms with Gasteiger partial charge in [-0.1, -0.05) is 105 Å². The molecule has 0 aliphatic heterocycles. The topological polar surface area (TPSA) is 43.9 Å². The fourth-order valence-corrected chi connectivity index (χ4v) is 8.46. The van der Waals surface area contributed by atoms with Gasteiger partial charge in [-0.3, -0.25) is 4.98 Å². The third-order valence-corrected chi connectivity index (χ3v) is 11.1. The molecule has 0 saturated heterocycles. The van der Waals surface area contributed by atoms with E-state index in [0.717, 1.165) is 62.0 Å². The molecule has 0 fully saturated rings. The Bertz CT molecular complexity index is 2420. The summed E-state index contributed by atoms with van der Waals surface area (Å²) in [5.74, 6) is 1.57. The van der Waals surface area contributed by atoms with Crippen LogP contribution in [0.1, 0.15) is 39.3 Å². The van der Waals surface area contributed by atoms with Gasteiger partial charge in [0, 0.05) is 43.1 Å². The van der Waals surface area contributed by atoms with Gasteiger partial charge in [0.15, 0.2) is 0 Å². The standard InChI is InChI=1S/C26H19N2O.C18H24NSi.Ir/c1-16(2)28-22-15-14-17-8-3-4-9-18(17)24(22)27-26(28)21-12-7-11-20-19-10-5-6-13-23(19)29-25(20)21;1-14(2)11-16-12-17(15-9-7-6-8-10-15)19-13-18(16)20(3,4)5;/h3-11,13-16H,1-2H3;6-9,12-14H,11H2,1-5H3;/q2*-1;. The van der Waals surface area contributed by atoms with Gasteiger partial charge in [-0.05, 0) is 54.6 Å². The van der Waals surface area contributed by atoms with Gasteiger partial charge < -0.3 is 14.0 Å². The average molecular weight is 850 g/mol. The summed E-state index contributed by atoms with van der Waals surface area (Å²) >= 11 is 0. The van der Waals surface area contributed by atoms with Crippen molar-refractivity contribution in [1.82, 2.24) is 14.5 Å². The third kappa shape index (κ3) is 6.85. The van der Waals surface area contributed by atoms with Gasteiger partial charge in [0.25, 0.3) is 0 Å². The minimum Gasteiger partial charge on any atom is -0.501 e. The number of furan rings is 1. The molecule has 8 rings (SSSR count). The zero-order valence-corrected chi connectivity index (χ0v) is 33.2. The monoisotopic (exact) mass is 850 g/mol. The fourth-order valence-electron chi connectivity index (χ4n) is 6.87. The zero-order chi connectivity index (χ0) is 34.3. The molecule has 1 radical (unpaired) electrons. The minimum atomic E-state index is -1.34. The van der Waals surface area contributed by atoms with Crippen LogP contribution >= 0.6 is 0 Å². The molecule has 50 heavy (non-hydrogen) atoms. The van der Waals surface area contributed by atoms with Crippen molar-refractivity contribution >= 4 is 57.0 Å². The Kier molecular flexibility index (Phi) is 10.3. The van der Waals surface area contributed by atoms with Crippen molar-refractivity contribution in [2.75, 3.05) is 0 Å². The van der Waals surface area contributed by atoms with Gasteiger partial charge in [0.05, 0.1) is 30.5 Å². The van der Waals surface area contributed by atoms with E-state index in [2.05, 4.69) is 136 Å². The third-order valence-electron chi connectivity index (χ3n) is 9.07. The summed E-state index contributed by atoms with van der Waals surface area (Å²) in [6.07, 6.45) is 3.24. The molecule has 3 aromatic heterocycles. The van der Waals surface area contributed by atoms with Crippen molar-refractivity contribution < 1.29 is 24.5 Å². The maximum Gasteiger partial charge on any atom is 0.120 e. The summed E-state index contributed by atoms with van der Waals surface area (Å²) in [4.78, 5) is 9.81. The SMILES string of the molecule is CC(C)Cc1cc(-c2[c-]cccc2)ncc1[Si](C)(C)C.CC(C)n1c(-c2[c-]ccc3c2oc2ccccc23)nc2c3ccccc3ccc21.[Ir]. The Hall–Kier alpha value is -4.35. The average Bonchev–Trinajstić information content (AvgIpc) is 3.68. The van der Waals surface area contributed by atoms with Crippen LogP contribution < -0.4 is 5.19 Å². The molecule has 3 heterocycles. The molecular formula is C44H43IrN3OSi-2. The van der Waals surface area contributed by atoms with E-state index in [9.17, 15) is 0 Å². The molecule has 255 valence electrons. The number of hydrogen-bond acceptors (Lipinski definition) is 3. The number of imidazole rings is 1. The Morgan fingerprint density at radius 2 is 1.52 bits per heavy atom. The molecule has 0 unspecified atom stereocenters. The number of benzene rings is 5. The molecule has 0 N–H and O–H groups in total. The summed E-state index contributed by atoms with van der Waals surface area (Å²) in [5.41, 5.74) is 8.40. The van der Waals surface area contributed by atoms with Crippen LogP contribution in [0, 0.1) is 18.1 Å². The van der Waals surface area contributed by atoms with Crippen LogP contribution in [0.15, 0.2) is 114 Å². The quantitative estimate of drug-likeness (QED) is 0.124. The van der Waals surface area contributed by atoms with E-state index in [1.54, 1.807) is 0 Å². The van der Waals surface area contributed by atoms with Crippen LogP contribution in [-0.2, 0) is 26.5 Å². The molecule has 0 atom stereocenters. The first kappa shape index (κ1) is 35.5. The van der Waals surface area contributed by atoms with Crippen molar-refractivity contribution in [3.8, 4) is 22.6 Å². The molecule has 0 bridgehead atoms. The number of pyridine rings is 1. The number of nitrogens with zero attached hydrogens (tertiary/aromatic N) is 3. The molecular weight excluding hydrogens is 807 g/mol. The first-order valence-corrected chi connectivity index (χ1v) is 20.8. The summed E-state index contributed by atoms with van der Waals surface area (Å²) in [7, 11) is -1.34. The predicted octanol–water partition coefficient (Wildman–Crippen LogP) is 11.4. The van der Waals surface area contributed by atoms with Gasteiger partial charge in [-0.15, -0.1) is 54.1 Å². The molecule has 6 heteroatoms. The summed E-state index contributed by atoms with van der Waals surface area (Å²) in [6, 6.07) is 42.3. The van der Waals surface area contributed by atoms with E-state index in [0.29, 0.717) is 5.92 Å². The minimum absolute atomic E-state index is 0. The maximum atomic E-state index is 6.27. The van der Waals surface area contributed by atoms with Crippen molar-refractivity contribution in [2.24, 2.45) is 5.92 Å². The van der Waals surface area contributed by atoms with E-state index >= 15 is 0 Å². The molecule has 0 amide bonds. The summed E-state index contributed by atoms with van der Waals surface area (Å²) in [6.45, 7) is 16.1. The van der Waals surface area contributed by atoms with Crippen LogP contribution in [-0.4, -0.2) is 22.6 Å². The molecule has 0 saturated carbocycles. The largest absolute Gasteiger partial charge is 0.501 e. The Labute approximate surface area is 309 Å². The van der Waals surface area contributed by atoms with Crippen molar-refractivity contribution in [2.45, 2.75) is 59.8 Å². The van der Waals surface area contributed by atoms with Gasteiger partial charge in [0.2, 0.25) is 0 Å². The number of hydrogen-bond donors (Lipinski definition) is 0. The van der Waals surface area contributed by atoms with Crippen LogP contribution in [0.3, 0.4) is 0 Å². The van der Waals surface area contributed by atoms with E-state index < -0.39 is 8.07 Å². The second-order valence-corrected chi connectivity index (χ2v) is 19.6. The second-order valence-electron chi connectivity index (χ2n) is 14.6. The molecule has 5 aromatic carbocycles. The molecule has 4 nitrogen and oxygen atoms in total. The first-order chi connectivity index (χ1) is 23.6. The van der Waals surface area contributed by atoms with E-state index in [4.69, 9.17) is 9.40 Å². The van der Waals surface area contributed by atoms with Crippen LogP contribution in [0.5, 0.6) is 0 Å². The molecule has 0 aliphatic rings. The summed E-state index contributed by atoms with van der Waals surface area (Å²) < 4.78 is 8.56. The predicted molar refractivity (Wildman–Crippen MR) is 209 cm³/mol. The Balaban J connectivity index is 0.000000182. The van der Waals surface area contributed by atoms with Crippen LogP contribution in [0.4, 0.5) is 0 Å². The Morgan fingerprint density at radius 1 is 0.780 bits per heavy atom. The number of para-hydroxylation sites is 1. The van der Waals surface area contributed by atoms with E-state index in [1.165, 1.54) is 21.5 Å². The van der Waals surface area contributed by atoms with E-state index in [-0.39, 0.29) is 26.1 Å². The molecule has 0 aliphatic carbocycles. The smallest absolute Gasteiger partial charge is 0.120 e. The molecule has 0 spiro atoms. The first-order valence-electron chi connectivity index (χ1n) is 17.3. The van der Waals surface area contributed by atoms with Gasteiger partial charge >= 0.3 is 0 Å². The molecule has 8 aromatic rings. The zero-order valence-electron chi connectivity index (χ0n) is 29.8. The second kappa shape index (κ2) is 14.5. The Morgan fingerprint density at radius 3 is 2.24 bits per heavy atom. The van der Waals surface area contributed by atoms with Crippen molar-refractivity contribution in [1.29, 1.82) is 0 Å². The van der Waals surface area contributed by atoms with Gasteiger partial charge in [0.1, 0.15) is 5.58 Å². The number of rotatable bonds is 6. The number of aromatic nitrogens is 3. The van der Waals surface area contributed by atoms with E-state index in [1.807, 2.05) is 42.5 Å². The fraction of sp³-hybridized carbons (Fsp3) is 0.227. The number of fused-ring (bicyclic) bond motifs is 6. The van der Waals surface area contributed by atoms with Crippen LogP contribution in [0.25, 0.3) is 66.4 Å². The maximum absolute atomic E-state index is 6.27. The van der Waals surface area contributed by atoms with Crippen molar-refractivity contribution in [3.05, 3.63) is 127 Å². The van der Waals surface area contributed by atoms with Gasteiger partial charge in [-0.2, -0.15) is 0 Å². The summed E-state index contributed by atoms with van der Waals surface area (Å²) in [5, 5.41) is 6.08. The van der Waals surface area contributed by atoms with Crippen LogP contribution in [0.2, 0.25) is 19.6 Å².